The van der Waals surface area contributed by atoms with Crippen LogP contribution in [0.5, 0.6) is 0 Å². The molecule has 0 aromatic rings. The van der Waals surface area contributed by atoms with E-state index < -0.39 is 11.5 Å². The summed E-state index contributed by atoms with van der Waals surface area (Å²) in [5.41, 5.74) is 4.47. The van der Waals surface area contributed by atoms with Crippen molar-refractivity contribution in [3.05, 3.63) is 0 Å². The fourth-order valence-corrected chi connectivity index (χ4v) is 3.05. The van der Waals surface area contributed by atoms with Crippen LogP contribution in [0.2, 0.25) is 0 Å². The molecule has 0 aromatic heterocycles. The van der Waals surface area contributed by atoms with Gasteiger partial charge in [0.1, 0.15) is 0 Å². The summed E-state index contributed by atoms with van der Waals surface area (Å²) >= 11 is 0. The van der Waals surface area contributed by atoms with Gasteiger partial charge in [0, 0.05) is 18.9 Å². The molecule has 6 nitrogen and oxygen atoms in total. The number of aliphatic carboxylic acids is 1. The summed E-state index contributed by atoms with van der Waals surface area (Å²) in [4.78, 5) is 23.7. The molecule has 0 spiro atoms. The summed E-state index contributed by atoms with van der Waals surface area (Å²) in [6.07, 6.45) is 4.17. The van der Waals surface area contributed by atoms with E-state index in [0.717, 1.165) is 25.7 Å². The summed E-state index contributed by atoms with van der Waals surface area (Å²) in [7, 11) is 0. The van der Waals surface area contributed by atoms with E-state index in [1.807, 2.05) is 0 Å². The first kappa shape index (κ1) is 14.3. The molecule has 0 bridgehead atoms. The Bertz CT molecular complexity index is 353. The molecule has 0 aromatic carbocycles. The number of carbonyl (C=O) groups excluding carboxylic acids is 1. The third-order valence-electron chi connectivity index (χ3n) is 4.34. The van der Waals surface area contributed by atoms with Crippen LogP contribution in [0.4, 0.5) is 0 Å². The summed E-state index contributed by atoms with van der Waals surface area (Å²) in [6, 6.07) is 0. The van der Waals surface area contributed by atoms with Crippen molar-refractivity contribution in [2.75, 3.05) is 19.8 Å². The number of hydrogen-bond donors (Lipinski definition) is 3. The van der Waals surface area contributed by atoms with Gasteiger partial charge in [0.25, 0.3) is 0 Å². The van der Waals surface area contributed by atoms with E-state index in [1.54, 1.807) is 0 Å². The van der Waals surface area contributed by atoms with Gasteiger partial charge in [-0.1, -0.05) is 12.8 Å². The minimum Gasteiger partial charge on any atom is -0.479 e. The number of nitrogens with two attached hydrogens (primary N) is 1. The van der Waals surface area contributed by atoms with Crippen LogP contribution in [-0.4, -0.2) is 42.3 Å². The second-order valence-corrected chi connectivity index (χ2v) is 5.57. The van der Waals surface area contributed by atoms with E-state index in [1.165, 1.54) is 0 Å². The molecule has 1 saturated heterocycles. The third-order valence-corrected chi connectivity index (χ3v) is 4.34. The Hall–Kier alpha value is -1.14. The minimum atomic E-state index is -1.24. The number of carboxylic acids is 1. The van der Waals surface area contributed by atoms with Crippen LogP contribution in [0.25, 0.3) is 0 Å². The number of hydrogen-bond acceptors (Lipinski definition) is 4. The van der Waals surface area contributed by atoms with E-state index in [2.05, 4.69) is 5.32 Å². The number of rotatable bonds is 4. The van der Waals surface area contributed by atoms with Crippen molar-refractivity contribution in [2.45, 2.75) is 37.6 Å². The zero-order valence-electron chi connectivity index (χ0n) is 11.1. The van der Waals surface area contributed by atoms with Crippen molar-refractivity contribution in [1.29, 1.82) is 0 Å². The van der Waals surface area contributed by atoms with Crippen molar-refractivity contribution in [3.63, 3.8) is 0 Å². The molecule has 1 amide bonds. The highest BCUT2D eigenvalue weighted by Crippen LogP contribution is 2.30. The second kappa shape index (κ2) is 5.88. The minimum absolute atomic E-state index is 0.0497. The summed E-state index contributed by atoms with van der Waals surface area (Å²) in [5.74, 6) is -1.18. The maximum Gasteiger partial charge on any atom is 0.331 e. The highest BCUT2D eigenvalue weighted by molar-refractivity contribution is 5.88. The maximum atomic E-state index is 12.3. The molecule has 3 unspecified atom stereocenters. The Morgan fingerprint density at radius 3 is 2.68 bits per heavy atom. The first-order chi connectivity index (χ1) is 9.09. The predicted octanol–water partition coefficient (Wildman–Crippen LogP) is 0.111. The SMILES string of the molecule is NCC1CCCCC1C(=O)NC1(C(=O)O)CCOC1. The third kappa shape index (κ3) is 2.90. The summed E-state index contributed by atoms with van der Waals surface area (Å²) in [6.45, 7) is 0.903. The maximum absolute atomic E-state index is 12.3. The molecule has 1 aliphatic heterocycles. The Morgan fingerprint density at radius 2 is 2.11 bits per heavy atom. The largest absolute Gasteiger partial charge is 0.479 e. The quantitative estimate of drug-likeness (QED) is 0.673. The topological polar surface area (TPSA) is 102 Å². The van der Waals surface area contributed by atoms with Gasteiger partial charge in [0.05, 0.1) is 6.61 Å². The van der Waals surface area contributed by atoms with E-state index >= 15 is 0 Å². The average molecular weight is 270 g/mol. The van der Waals surface area contributed by atoms with Gasteiger partial charge in [-0.15, -0.1) is 0 Å². The van der Waals surface area contributed by atoms with Crippen molar-refractivity contribution in [2.24, 2.45) is 17.6 Å². The molecule has 3 atom stereocenters. The molecule has 2 rings (SSSR count). The Balaban J connectivity index is 2.04. The lowest BCUT2D eigenvalue weighted by atomic mass is 9.78. The van der Waals surface area contributed by atoms with E-state index in [4.69, 9.17) is 10.5 Å². The highest BCUT2D eigenvalue weighted by atomic mass is 16.5. The molecule has 108 valence electrons. The Morgan fingerprint density at radius 1 is 1.37 bits per heavy atom. The molecule has 6 heteroatoms. The van der Waals surface area contributed by atoms with Crippen LogP contribution in [0.3, 0.4) is 0 Å². The normalized spacial score (nSPS) is 35.0. The van der Waals surface area contributed by atoms with Crippen LogP contribution in [0, 0.1) is 11.8 Å². The van der Waals surface area contributed by atoms with E-state index in [-0.39, 0.29) is 24.3 Å². The second-order valence-electron chi connectivity index (χ2n) is 5.57. The van der Waals surface area contributed by atoms with E-state index in [0.29, 0.717) is 19.6 Å². The standard InChI is InChI=1S/C13H22N2O4/c14-7-9-3-1-2-4-10(9)11(16)15-13(12(17)18)5-6-19-8-13/h9-10H,1-8,14H2,(H,15,16)(H,17,18). The van der Waals surface area contributed by atoms with Gasteiger partial charge in [-0.2, -0.15) is 0 Å². The van der Waals surface area contributed by atoms with Crippen molar-refractivity contribution in [1.82, 2.24) is 5.32 Å². The molecule has 4 N–H and O–H groups in total. The lowest BCUT2D eigenvalue weighted by Crippen LogP contribution is -2.57. The van der Waals surface area contributed by atoms with Gasteiger partial charge >= 0.3 is 5.97 Å². The molecule has 1 aliphatic carbocycles. The zero-order chi connectivity index (χ0) is 13.9. The van der Waals surface area contributed by atoms with Crippen LogP contribution in [0.1, 0.15) is 32.1 Å². The van der Waals surface area contributed by atoms with Gasteiger partial charge in [0.15, 0.2) is 5.54 Å². The molecule has 1 heterocycles. The van der Waals surface area contributed by atoms with Gasteiger partial charge < -0.3 is 20.9 Å². The number of ether oxygens (including phenoxy) is 1. The van der Waals surface area contributed by atoms with E-state index in [9.17, 15) is 14.7 Å². The monoisotopic (exact) mass is 270 g/mol. The lowest BCUT2D eigenvalue weighted by Gasteiger charge is -2.33. The smallest absolute Gasteiger partial charge is 0.331 e. The number of nitrogens with one attached hydrogen (secondary N) is 1. The highest BCUT2D eigenvalue weighted by Gasteiger charge is 2.45. The lowest BCUT2D eigenvalue weighted by molar-refractivity contribution is -0.149. The average Bonchev–Trinajstić information content (AvgIpc) is 2.88. The Kier molecular flexibility index (Phi) is 4.42. The molecule has 2 fully saturated rings. The number of carbonyl (C=O) groups is 2. The number of amides is 1. The molecular weight excluding hydrogens is 248 g/mol. The van der Waals surface area contributed by atoms with Crippen molar-refractivity contribution in [3.8, 4) is 0 Å². The van der Waals surface area contributed by atoms with Gasteiger partial charge in [-0.3, -0.25) is 4.79 Å². The fourth-order valence-electron chi connectivity index (χ4n) is 3.05. The van der Waals surface area contributed by atoms with Crippen molar-refractivity contribution < 1.29 is 19.4 Å². The zero-order valence-corrected chi connectivity index (χ0v) is 11.1. The van der Waals surface area contributed by atoms with Crippen LogP contribution in [-0.2, 0) is 14.3 Å². The van der Waals surface area contributed by atoms with Crippen molar-refractivity contribution >= 4 is 11.9 Å². The van der Waals surface area contributed by atoms with Crippen LogP contribution < -0.4 is 11.1 Å². The molecule has 2 aliphatic rings. The number of carboxylic acid groups (broad SMARTS) is 1. The first-order valence-corrected chi connectivity index (χ1v) is 6.92. The van der Waals surface area contributed by atoms with Crippen LogP contribution >= 0.6 is 0 Å². The molecule has 0 radical (unpaired) electrons. The first-order valence-electron chi connectivity index (χ1n) is 6.92. The molecular formula is C13H22N2O4. The summed E-state index contributed by atoms with van der Waals surface area (Å²) < 4.78 is 5.14. The summed E-state index contributed by atoms with van der Waals surface area (Å²) in [5, 5.41) is 12.0. The molecule has 1 saturated carbocycles. The Labute approximate surface area is 112 Å². The van der Waals surface area contributed by atoms with Crippen LogP contribution in [0.15, 0.2) is 0 Å². The van der Waals surface area contributed by atoms with Gasteiger partial charge in [-0.05, 0) is 25.3 Å². The molecule has 19 heavy (non-hydrogen) atoms. The van der Waals surface area contributed by atoms with Gasteiger partial charge in [-0.25, -0.2) is 4.79 Å². The van der Waals surface area contributed by atoms with Gasteiger partial charge in [0.2, 0.25) is 5.91 Å². The predicted molar refractivity (Wildman–Crippen MR) is 68.4 cm³/mol. The fraction of sp³-hybridized carbons (Fsp3) is 0.846.